The lowest BCUT2D eigenvalue weighted by molar-refractivity contribution is -0.113. The van der Waals surface area contributed by atoms with Crippen molar-refractivity contribution in [1.82, 2.24) is 14.8 Å². The number of fused-ring (bicyclic) bond motifs is 1. The van der Waals surface area contributed by atoms with Crippen molar-refractivity contribution in [2.45, 2.75) is 25.5 Å². The Morgan fingerprint density at radius 1 is 1.14 bits per heavy atom. The number of rotatable bonds is 6. The number of hydrogen-bond acceptors (Lipinski definition) is 5. The summed E-state index contributed by atoms with van der Waals surface area (Å²) in [6, 6.07) is 17.5. The van der Waals surface area contributed by atoms with Crippen LogP contribution in [0.1, 0.15) is 12.5 Å². The number of nitrogens with zero attached hydrogens (tertiary/aromatic N) is 3. The molecular formula is C21H20N4O2S. The van der Waals surface area contributed by atoms with Crippen LogP contribution in [0.15, 0.2) is 64.2 Å². The first kappa shape index (κ1) is 18.3. The van der Waals surface area contributed by atoms with Gasteiger partial charge < -0.3 is 9.73 Å². The van der Waals surface area contributed by atoms with Gasteiger partial charge in [0.25, 0.3) is 0 Å². The van der Waals surface area contributed by atoms with Gasteiger partial charge in [0.15, 0.2) is 10.9 Å². The third kappa shape index (κ3) is 3.80. The van der Waals surface area contributed by atoms with Gasteiger partial charge in [-0.1, -0.05) is 47.7 Å². The second-order valence-electron chi connectivity index (χ2n) is 6.40. The zero-order valence-corrected chi connectivity index (χ0v) is 16.5. The maximum absolute atomic E-state index is 12.3. The lowest BCUT2D eigenvalue weighted by atomic mass is 10.2. The first-order valence-corrected chi connectivity index (χ1v) is 10.0. The molecule has 0 aliphatic rings. The van der Waals surface area contributed by atoms with E-state index in [1.165, 1.54) is 11.8 Å². The molecule has 0 saturated heterocycles. The van der Waals surface area contributed by atoms with E-state index in [0.717, 1.165) is 22.2 Å². The molecule has 0 fully saturated rings. The van der Waals surface area contributed by atoms with Crippen molar-refractivity contribution in [3.8, 4) is 11.6 Å². The van der Waals surface area contributed by atoms with E-state index in [9.17, 15) is 4.79 Å². The maximum atomic E-state index is 12.3. The van der Waals surface area contributed by atoms with E-state index >= 15 is 0 Å². The van der Waals surface area contributed by atoms with Crippen molar-refractivity contribution in [2.75, 3.05) is 11.1 Å². The third-order valence-electron chi connectivity index (χ3n) is 4.35. The largest absolute Gasteiger partial charge is 0.453 e. The van der Waals surface area contributed by atoms with Crippen LogP contribution in [0.5, 0.6) is 0 Å². The number of furan rings is 1. The summed E-state index contributed by atoms with van der Waals surface area (Å²) in [5.74, 6) is 1.52. The van der Waals surface area contributed by atoms with Gasteiger partial charge in [-0.05, 0) is 38.1 Å². The molecule has 1 N–H and O–H groups in total. The zero-order chi connectivity index (χ0) is 19.5. The molecule has 0 atom stereocenters. The molecule has 1 amide bonds. The van der Waals surface area contributed by atoms with Gasteiger partial charge in [0.1, 0.15) is 5.58 Å². The monoisotopic (exact) mass is 392 g/mol. The summed E-state index contributed by atoms with van der Waals surface area (Å²) < 4.78 is 7.87. The number of aryl methyl sites for hydroxylation is 1. The number of carbonyl (C=O) groups excluding carboxylic acids is 1. The van der Waals surface area contributed by atoms with Crippen LogP contribution in [-0.4, -0.2) is 26.4 Å². The first-order valence-electron chi connectivity index (χ1n) is 9.05. The minimum atomic E-state index is -0.0789. The molecule has 0 saturated carbocycles. The highest BCUT2D eigenvalue weighted by Crippen LogP contribution is 2.29. The summed E-state index contributed by atoms with van der Waals surface area (Å²) in [4.78, 5) is 12.3. The highest BCUT2D eigenvalue weighted by molar-refractivity contribution is 7.99. The molecule has 4 rings (SSSR count). The predicted octanol–water partition coefficient (Wildman–Crippen LogP) is 4.75. The Labute approximate surface area is 167 Å². The molecule has 4 aromatic rings. The van der Waals surface area contributed by atoms with E-state index < -0.39 is 0 Å². The second kappa shape index (κ2) is 7.90. The third-order valence-corrected chi connectivity index (χ3v) is 5.31. The minimum absolute atomic E-state index is 0.0789. The number of nitrogens with one attached hydrogen (secondary N) is 1. The Morgan fingerprint density at radius 3 is 2.68 bits per heavy atom. The van der Waals surface area contributed by atoms with Crippen LogP contribution >= 0.6 is 11.8 Å². The average Bonchev–Trinajstić information content (AvgIpc) is 3.31. The van der Waals surface area contributed by atoms with Gasteiger partial charge in [-0.25, -0.2) is 0 Å². The van der Waals surface area contributed by atoms with Crippen LogP contribution in [-0.2, 0) is 11.3 Å². The minimum Gasteiger partial charge on any atom is -0.453 e. The Balaban J connectivity index is 1.48. The molecule has 2 heterocycles. The summed E-state index contributed by atoms with van der Waals surface area (Å²) in [7, 11) is 0. The predicted molar refractivity (Wildman–Crippen MR) is 111 cm³/mol. The van der Waals surface area contributed by atoms with E-state index in [4.69, 9.17) is 4.42 Å². The average molecular weight is 392 g/mol. The fraction of sp³-hybridized carbons (Fsp3) is 0.190. The highest BCUT2D eigenvalue weighted by Gasteiger charge is 2.17. The van der Waals surface area contributed by atoms with Crippen molar-refractivity contribution >= 4 is 34.3 Å². The standard InChI is InChI=1S/C21H20N4O2S/c1-3-25-20(18-12-15-6-4-5-7-17(15)27-18)23-24-21(25)28-13-19(26)22-16-10-8-14(2)9-11-16/h4-12H,3,13H2,1-2H3,(H,22,26). The van der Waals surface area contributed by atoms with Gasteiger partial charge in [0.05, 0.1) is 5.75 Å². The smallest absolute Gasteiger partial charge is 0.234 e. The van der Waals surface area contributed by atoms with E-state index in [1.54, 1.807) is 0 Å². The van der Waals surface area contributed by atoms with E-state index in [1.807, 2.05) is 73.0 Å². The van der Waals surface area contributed by atoms with E-state index in [-0.39, 0.29) is 11.7 Å². The van der Waals surface area contributed by atoms with Crippen molar-refractivity contribution in [3.63, 3.8) is 0 Å². The topological polar surface area (TPSA) is 73.0 Å². The Hall–Kier alpha value is -3.06. The molecule has 0 aliphatic heterocycles. The van der Waals surface area contributed by atoms with Gasteiger partial charge in [-0.2, -0.15) is 0 Å². The summed E-state index contributed by atoms with van der Waals surface area (Å²) in [6.07, 6.45) is 0. The van der Waals surface area contributed by atoms with Crippen LogP contribution in [0.4, 0.5) is 5.69 Å². The molecule has 0 unspecified atom stereocenters. The van der Waals surface area contributed by atoms with Crippen molar-refractivity contribution < 1.29 is 9.21 Å². The molecule has 2 aromatic heterocycles. The molecule has 0 bridgehead atoms. The Kier molecular flexibility index (Phi) is 5.16. The zero-order valence-electron chi connectivity index (χ0n) is 15.7. The molecule has 7 heteroatoms. The molecular weight excluding hydrogens is 372 g/mol. The summed E-state index contributed by atoms with van der Waals surface area (Å²) in [5, 5.41) is 13.2. The molecule has 0 radical (unpaired) electrons. The Bertz CT molecular complexity index is 1080. The summed E-state index contributed by atoms with van der Waals surface area (Å²) in [6.45, 7) is 4.71. The summed E-state index contributed by atoms with van der Waals surface area (Å²) in [5.41, 5.74) is 2.76. The molecule has 2 aromatic carbocycles. The molecule has 28 heavy (non-hydrogen) atoms. The quantitative estimate of drug-likeness (QED) is 0.479. The highest BCUT2D eigenvalue weighted by atomic mass is 32.2. The summed E-state index contributed by atoms with van der Waals surface area (Å²) >= 11 is 1.36. The van der Waals surface area contributed by atoms with Gasteiger partial charge >= 0.3 is 0 Å². The number of anilines is 1. The SMILES string of the molecule is CCn1c(SCC(=O)Nc2ccc(C)cc2)nnc1-c1cc2ccccc2o1. The van der Waals surface area contributed by atoms with Crippen molar-refractivity contribution in [2.24, 2.45) is 0 Å². The van der Waals surface area contributed by atoms with E-state index in [0.29, 0.717) is 23.3 Å². The van der Waals surface area contributed by atoms with Crippen LogP contribution in [0, 0.1) is 6.92 Å². The Morgan fingerprint density at radius 2 is 1.93 bits per heavy atom. The van der Waals surface area contributed by atoms with Crippen LogP contribution in [0.3, 0.4) is 0 Å². The molecule has 0 aliphatic carbocycles. The normalized spacial score (nSPS) is 11.1. The number of benzene rings is 2. The van der Waals surface area contributed by atoms with Crippen LogP contribution in [0.2, 0.25) is 0 Å². The number of para-hydroxylation sites is 1. The van der Waals surface area contributed by atoms with Gasteiger partial charge in [0.2, 0.25) is 11.7 Å². The first-order chi connectivity index (χ1) is 13.6. The second-order valence-corrected chi connectivity index (χ2v) is 7.34. The number of hydrogen-bond donors (Lipinski definition) is 1. The van der Waals surface area contributed by atoms with Gasteiger partial charge in [-0.15, -0.1) is 10.2 Å². The molecule has 6 nitrogen and oxygen atoms in total. The fourth-order valence-corrected chi connectivity index (χ4v) is 3.72. The number of carbonyl (C=O) groups is 1. The number of aromatic nitrogens is 3. The van der Waals surface area contributed by atoms with Crippen molar-refractivity contribution in [1.29, 1.82) is 0 Å². The fourth-order valence-electron chi connectivity index (χ4n) is 2.92. The van der Waals surface area contributed by atoms with E-state index in [2.05, 4.69) is 15.5 Å². The molecule has 142 valence electrons. The lowest BCUT2D eigenvalue weighted by Gasteiger charge is -2.07. The lowest BCUT2D eigenvalue weighted by Crippen LogP contribution is -2.14. The van der Waals surface area contributed by atoms with Gasteiger partial charge in [-0.3, -0.25) is 9.36 Å². The number of amides is 1. The number of thioether (sulfide) groups is 1. The van der Waals surface area contributed by atoms with Gasteiger partial charge in [0, 0.05) is 17.6 Å². The maximum Gasteiger partial charge on any atom is 0.234 e. The molecule has 0 spiro atoms. The van der Waals surface area contributed by atoms with Crippen molar-refractivity contribution in [3.05, 3.63) is 60.2 Å². The van der Waals surface area contributed by atoms with Crippen LogP contribution < -0.4 is 5.32 Å². The van der Waals surface area contributed by atoms with Crippen LogP contribution in [0.25, 0.3) is 22.6 Å².